The second-order valence-corrected chi connectivity index (χ2v) is 2.73. The Bertz CT molecular complexity index is 136. The predicted molar refractivity (Wildman–Crippen MR) is 46.4 cm³/mol. The lowest BCUT2D eigenvalue weighted by atomic mass is 10.2. The summed E-state index contributed by atoms with van der Waals surface area (Å²) >= 11 is 0. The second kappa shape index (κ2) is 4.39. The van der Waals surface area contributed by atoms with Gasteiger partial charge in [0.2, 0.25) is 0 Å². The highest BCUT2D eigenvalue weighted by molar-refractivity contribution is 4.99. The molecule has 0 aromatic carbocycles. The number of morpholine rings is 1. The Morgan fingerprint density at radius 1 is 1.45 bits per heavy atom. The molecular formula is C9H17NO. The Balaban J connectivity index is 2.43. The molecule has 0 aliphatic carbocycles. The van der Waals surface area contributed by atoms with Crippen LogP contribution >= 0.6 is 0 Å². The quantitative estimate of drug-likeness (QED) is 0.601. The SMILES string of the molecule is C/C=C(\CC)N1CCOCC1. The Labute approximate surface area is 68.8 Å². The van der Waals surface area contributed by atoms with Gasteiger partial charge in [-0.15, -0.1) is 0 Å². The summed E-state index contributed by atoms with van der Waals surface area (Å²) < 4.78 is 5.27. The molecule has 0 aromatic heterocycles. The van der Waals surface area contributed by atoms with E-state index in [2.05, 4.69) is 24.8 Å². The minimum Gasteiger partial charge on any atom is -0.378 e. The highest BCUT2D eigenvalue weighted by atomic mass is 16.5. The van der Waals surface area contributed by atoms with Crippen LogP contribution in [0.15, 0.2) is 11.8 Å². The molecule has 1 aliphatic rings. The third kappa shape index (κ3) is 2.22. The van der Waals surface area contributed by atoms with E-state index in [0.29, 0.717) is 0 Å². The molecule has 0 aromatic rings. The topological polar surface area (TPSA) is 12.5 Å². The highest BCUT2D eigenvalue weighted by Gasteiger charge is 2.10. The van der Waals surface area contributed by atoms with E-state index in [1.807, 2.05) is 0 Å². The molecule has 0 atom stereocenters. The fraction of sp³-hybridized carbons (Fsp3) is 0.778. The van der Waals surface area contributed by atoms with Gasteiger partial charge in [-0.2, -0.15) is 0 Å². The first-order valence-electron chi connectivity index (χ1n) is 4.36. The van der Waals surface area contributed by atoms with Crippen molar-refractivity contribution in [1.82, 2.24) is 4.90 Å². The molecule has 1 rings (SSSR count). The fourth-order valence-corrected chi connectivity index (χ4v) is 1.46. The first-order valence-corrected chi connectivity index (χ1v) is 4.36. The van der Waals surface area contributed by atoms with Crippen molar-refractivity contribution >= 4 is 0 Å². The van der Waals surface area contributed by atoms with Crippen LogP contribution in [0.1, 0.15) is 20.3 Å². The molecule has 1 aliphatic heterocycles. The van der Waals surface area contributed by atoms with Gasteiger partial charge in [-0.05, 0) is 13.3 Å². The molecule has 0 unspecified atom stereocenters. The molecule has 0 spiro atoms. The van der Waals surface area contributed by atoms with Crippen LogP contribution in [0.3, 0.4) is 0 Å². The number of hydrogen-bond acceptors (Lipinski definition) is 2. The minimum atomic E-state index is 0.886. The zero-order chi connectivity index (χ0) is 8.10. The van der Waals surface area contributed by atoms with Crippen LogP contribution in [0, 0.1) is 0 Å². The second-order valence-electron chi connectivity index (χ2n) is 2.73. The zero-order valence-corrected chi connectivity index (χ0v) is 7.47. The van der Waals surface area contributed by atoms with Gasteiger partial charge in [0, 0.05) is 18.8 Å². The lowest BCUT2D eigenvalue weighted by molar-refractivity contribution is 0.0523. The predicted octanol–water partition coefficient (Wildman–Crippen LogP) is 1.63. The van der Waals surface area contributed by atoms with Crippen molar-refractivity contribution in [2.24, 2.45) is 0 Å². The van der Waals surface area contributed by atoms with Crippen molar-refractivity contribution in [3.63, 3.8) is 0 Å². The molecule has 1 heterocycles. The van der Waals surface area contributed by atoms with Crippen molar-refractivity contribution in [3.8, 4) is 0 Å². The van der Waals surface area contributed by atoms with Gasteiger partial charge in [0.25, 0.3) is 0 Å². The van der Waals surface area contributed by atoms with Gasteiger partial charge in [0.15, 0.2) is 0 Å². The summed E-state index contributed by atoms with van der Waals surface area (Å²) in [6.07, 6.45) is 3.34. The Morgan fingerprint density at radius 2 is 2.09 bits per heavy atom. The van der Waals surface area contributed by atoms with Crippen LogP contribution in [-0.2, 0) is 4.74 Å². The molecule has 64 valence electrons. The fourth-order valence-electron chi connectivity index (χ4n) is 1.46. The van der Waals surface area contributed by atoms with Crippen molar-refractivity contribution in [2.75, 3.05) is 26.3 Å². The van der Waals surface area contributed by atoms with Gasteiger partial charge in [0.1, 0.15) is 0 Å². The van der Waals surface area contributed by atoms with Crippen LogP contribution in [0.25, 0.3) is 0 Å². The summed E-state index contributed by atoms with van der Waals surface area (Å²) in [5.41, 5.74) is 1.45. The number of allylic oxidation sites excluding steroid dienone is 2. The largest absolute Gasteiger partial charge is 0.378 e. The van der Waals surface area contributed by atoms with Gasteiger partial charge in [-0.3, -0.25) is 0 Å². The molecule has 0 saturated carbocycles. The first kappa shape index (κ1) is 8.60. The van der Waals surface area contributed by atoms with Crippen molar-refractivity contribution in [2.45, 2.75) is 20.3 Å². The van der Waals surface area contributed by atoms with E-state index in [1.165, 1.54) is 5.70 Å². The van der Waals surface area contributed by atoms with Crippen molar-refractivity contribution in [1.29, 1.82) is 0 Å². The number of ether oxygens (including phenoxy) is 1. The van der Waals surface area contributed by atoms with Crippen LogP contribution in [0.5, 0.6) is 0 Å². The Morgan fingerprint density at radius 3 is 2.55 bits per heavy atom. The average molecular weight is 155 g/mol. The number of nitrogens with zero attached hydrogens (tertiary/aromatic N) is 1. The summed E-state index contributed by atoms with van der Waals surface area (Å²) in [4.78, 5) is 2.41. The summed E-state index contributed by atoms with van der Waals surface area (Å²) in [6.45, 7) is 8.20. The van der Waals surface area contributed by atoms with E-state index in [4.69, 9.17) is 4.74 Å². The van der Waals surface area contributed by atoms with E-state index < -0.39 is 0 Å². The van der Waals surface area contributed by atoms with Gasteiger partial charge in [0.05, 0.1) is 13.2 Å². The average Bonchev–Trinajstić information content (AvgIpc) is 2.09. The molecule has 1 fully saturated rings. The number of hydrogen-bond donors (Lipinski definition) is 0. The molecule has 0 bridgehead atoms. The maximum atomic E-state index is 5.27. The van der Waals surface area contributed by atoms with Crippen LogP contribution < -0.4 is 0 Å². The van der Waals surface area contributed by atoms with Gasteiger partial charge in [-0.25, -0.2) is 0 Å². The monoisotopic (exact) mass is 155 g/mol. The normalized spacial score (nSPS) is 20.5. The maximum Gasteiger partial charge on any atom is 0.0642 e. The van der Waals surface area contributed by atoms with E-state index in [9.17, 15) is 0 Å². The third-order valence-corrected chi connectivity index (χ3v) is 2.11. The third-order valence-electron chi connectivity index (χ3n) is 2.11. The number of rotatable bonds is 2. The molecular weight excluding hydrogens is 138 g/mol. The van der Waals surface area contributed by atoms with Gasteiger partial charge in [-0.1, -0.05) is 13.0 Å². The minimum absolute atomic E-state index is 0.886. The zero-order valence-electron chi connectivity index (χ0n) is 7.47. The molecule has 0 radical (unpaired) electrons. The standard InChI is InChI=1S/C9H17NO/c1-3-9(4-2)10-5-7-11-8-6-10/h3H,4-8H2,1-2H3/b9-3+. The summed E-state index contributed by atoms with van der Waals surface area (Å²) in [6, 6.07) is 0. The highest BCUT2D eigenvalue weighted by Crippen LogP contribution is 2.10. The van der Waals surface area contributed by atoms with E-state index in [1.54, 1.807) is 0 Å². The lowest BCUT2D eigenvalue weighted by Crippen LogP contribution is -2.35. The summed E-state index contributed by atoms with van der Waals surface area (Å²) in [5.74, 6) is 0. The molecule has 2 heteroatoms. The lowest BCUT2D eigenvalue weighted by Gasteiger charge is -2.30. The smallest absolute Gasteiger partial charge is 0.0642 e. The summed E-state index contributed by atoms with van der Waals surface area (Å²) in [5, 5.41) is 0. The molecule has 1 saturated heterocycles. The first-order chi connectivity index (χ1) is 5.38. The van der Waals surface area contributed by atoms with Crippen LogP contribution in [-0.4, -0.2) is 31.2 Å². The van der Waals surface area contributed by atoms with Crippen molar-refractivity contribution in [3.05, 3.63) is 11.8 Å². The summed E-state index contributed by atoms with van der Waals surface area (Å²) in [7, 11) is 0. The van der Waals surface area contributed by atoms with E-state index >= 15 is 0 Å². The molecule has 0 N–H and O–H groups in total. The van der Waals surface area contributed by atoms with Gasteiger partial charge < -0.3 is 9.64 Å². The Kier molecular flexibility index (Phi) is 3.43. The van der Waals surface area contributed by atoms with Crippen LogP contribution in [0.4, 0.5) is 0 Å². The van der Waals surface area contributed by atoms with E-state index in [0.717, 1.165) is 32.7 Å². The molecule has 2 nitrogen and oxygen atoms in total. The van der Waals surface area contributed by atoms with Gasteiger partial charge >= 0.3 is 0 Å². The maximum absolute atomic E-state index is 5.27. The van der Waals surface area contributed by atoms with E-state index in [-0.39, 0.29) is 0 Å². The Hall–Kier alpha value is -0.500. The molecule has 0 amide bonds. The van der Waals surface area contributed by atoms with Crippen molar-refractivity contribution < 1.29 is 4.74 Å². The molecule has 11 heavy (non-hydrogen) atoms. The van der Waals surface area contributed by atoms with Crippen LogP contribution in [0.2, 0.25) is 0 Å².